The normalized spacial score (nSPS) is 9.73. The molecule has 0 aliphatic rings. The lowest BCUT2D eigenvalue weighted by atomic mass is 10.3. The van der Waals surface area contributed by atoms with Gasteiger partial charge in [0.05, 0.1) is 10.7 Å². The van der Waals surface area contributed by atoms with Crippen molar-refractivity contribution >= 4 is 22.6 Å². The number of hydrogen-bond acceptors (Lipinski definition) is 3. The molecule has 0 aliphatic carbocycles. The summed E-state index contributed by atoms with van der Waals surface area (Å²) < 4.78 is 5.98. The molecule has 0 saturated carbocycles. The lowest BCUT2D eigenvalue weighted by molar-refractivity contribution is 0.394. The first-order valence-electron chi connectivity index (χ1n) is 3.16. The third kappa shape index (κ3) is 2.03. The molecule has 1 aromatic heterocycles. The summed E-state index contributed by atoms with van der Waals surface area (Å²) in [6.07, 6.45) is 1.72. The van der Waals surface area contributed by atoms with Crippen LogP contribution in [0.2, 0.25) is 0 Å². The minimum absolute atomic E-state index is 0.521. The van der Waals surface area contributed by atoms with E-state index in [4.69, 9.17) is 10.5 Å². The first-order chi connectivity index (χ1) is 5.27. The van der Waals surface area contributed by atoms with Crippen LogP contribution in [0.5, 0.6) is 5.88 Å². The fraction of sp³-hybridized carbons (Fsp3) is 0.286. The molecule has 0 spiro atoms. The van der Waals surface area contributed by atoms with E-state index in [-0.39, 0.29) is 0 Å². The van der Waals surface area contributed by atoms with Crippen molar-refractivity contribution in [2.45, 2.75) is 6.54 Å². The number of pyridine rings is 1. The molecule has 4 heteroatoms. The fourth-order valence-corrected chi connectivity index (χ4v) is 1.49. The molecule has 60 valence electrons. The van der Waals surface area contributed by atoms with E-state index in [1.807, 2.05) is 6.07 Å². The van der Waals surface area contributed by atoms with Crippen LogP contribution in [0, 0.1) is 3.57 Å². The predicted molar refractivity (Wildman–Crippen MR) is 51.4 cm³/mol. The summed E-state index contributed by atoms with van der Waals surface area (Å²) in [5.74, 6) is 0.655. The Bertz CT molecular complexity index is 252. The number of aromatic nitrogens is 1. The average Bonchev–Trinajstić information content (AvgIpc) is 2.04. The summed E-state index contributed by atoms with van der Waals surface area (Å²) in [7, 11) is 1.60. The zero-order chi connectivity index (χ0) is 8.27. The zero-order valence-corrected chi connectivity index (χ0v) is 8.33. The third-order valence-corrected chi connectivity index (χ3v) is 2.07. The van der Waals surface area contributed by atoms with Gasteiger partial charge in [-0.25, -0.2) is 4.98 Å². The van der Waals surface area contributed by atoms with Gasteiger partial charge in [0.2, 0.25) is 5.88 Å². The number of nitrogens with two attached hydrogens (primary N) is 1. The van der Waals surface area contributed by atoms with Gasteiger partial charge in [0.15, 0.2) is 0 Å². The molecule has 1 rings (SSSR count). The molecule has 0 radical (unpaired) electrons. The van der Waals surface area contributed by atoms with Gasteiger partial charge in [-0.3, -0.25) is 0 Å². The topological polar surface area (TPSA) is 48.1 Å². The van der Waals surface area contributed by atoms with Gasteiger partial charge in [-0.1, -0.05) is 0 Å². The van der Waals surface area contributed by atoms with E-state index < -0.39 is 0 Å². The molecule has 0 bridgehead atoms. The number of rotatable bonds is 2. The molecule has 0 fully saturated rings. The molecule has 0 atom stereocenters. The standard InChI is InChI=1S/C7H9IN2O/c1-11-7-6(8)2-5(3-9)4-10-7/h2,4H,3,9H2,1H3. The first-order valence-corrected chi connectivity index (χ1v) is 4.24. The van der Waals surface area contributed by atoms with Crippen molar-refractivity contribution in [2.75, 3.05) is 7.11 Å². The van der Waals surface area contributed by atoms with E-state index >= 15 is 0 Å². The number of hydrogen-bond donors (Lipinski definition) is 1. The first kappa shape index (κ1) is 8.73. The summed E-state index contributed by atoms with van der Waals surface area (Å²) in [6.45, 7) is 0.521. The fourth-order valence-electron chi connectivity index (χ4n) is 0.727. The molecule has 1 heterocycles. The van der Waals surface area contributed by atoms with Crippen molar-refractivity contribution in [3.63, 3.8) is 0 Å². The maximum Gasteiger partial charge on any atom is 0.226 e. The molecule has 2 N–H and O–H groups in total. The van der Waals surface area contributed by atoms with Crippen LogP contribution in [0.1, 0.15) is 5.56 Å². The predicted octanol–water partition coefficient (Wildman–Crippen LogP) is 1.15. The number of methoxy groups -OCH3 is 1. The number of nitrogens with zero attached hydrogens (tertiary/aromatic N) is 1. The number of halogens is 1. The lowest BCUT2D eigenvalue weighted by Crippen LogP contribution is -1.99. The minimum Gasteiger partial charge on any atom is -0.480 e. The second-order valence-electron chi connectivity index (χ2n) is 2.04. The molecule has 0 saturated heterocycles. The van der Waals surface area contributed by atoms with Crippen LogP contribution in [0.4, 0.5) is 0 Å². The Hall–Kier alpha value is -0.360. The smallest absolute Gasteiger partial charge is 0.226 e. The summed E-state index contributed by atoms with van der Waals surface area (Å²) in [4.78, 5) is 4.06. The second kappa shape index (κ2) is 3.87. The SMILES string of the molecule is COc1ncc(CN)cc1I. The monoisotopic (exact) mass is 264 g/mol. The van der Waals surface area contributed by atoms with Crippen molar-refractivity contribution in [1.29, 1.82) is 0 Å². The molecule has 0 aliphatic heterocycles. The van der Waals surface area contributed by atoms with Gasteiger partial charge >= 0.3 is 0 Å². The molecule has 1 aromatic rings. The molecule has 0 aromatic carbocycles. The lowest BCUT2D eigenvalue weighted by Gasteiger charge is -2.02. The van der Waals surface area contributed by atoms with E-state index in [0.717, 1.165) is 9.13 Å². The molecule has 3 nitrogen and oxygen atoms in total. The van der Waals surface area contributed by atoms with E-state index in [1.165, 1.54) is 0 Å². The second-order valence-corrected chi connectivity index (χ2v) is 3.20. The van der Waals surface area contributed by atoms with Crippen molar-refractivity contribution < 1.29 is 4.74 Å². The van der Waals surface area contributed by atoms with E-state index in [2.05, 4.69) is 27.6 Å². The summed E-state index contributed by atoms with van der Waals surface area (Å²) in [6, 6.07) is 1.96. The van der Waals surface area contributed by atoms with Crippen LogP contribution in [-0.4, -0.2) is 12.1 Å². The van der Waals surface area contributed by atoms with Crippen molar-refractivity contribution in [2.24, 2.45) is 5.73 Å². The largest absolute Gasteiger partial charge is 0.480 e. The number of ether oxygens (including phenoxy) is 1. The van der Waals surface area contributed by atoms with E-state index in [1.54, 1.807) is 13.3 Å². The highest BCUT2D eigenvalue weighted by atomic mass is 127. The van der Waals surface area contributed by atoms with Crippen LogP contribution in [-0.2, 0) is 6.54 Å². The maximum absolute atomic E-state index is 5.43. The maximum atomic E-state index is 5.43. The molecule has 11 heavy (non-hydrogen) atoms. The van der Waals surface area contributed by atoms with Gasteiger partial charge in [0, 0.05) is 12.7 Å². The van der Waals surface area contributed by atoms with Crippen molar-refractivity contribution in [1.82, 2.24) is 4.98 Å². The molecule has 0 amide bonds. The van der Waals surface area contributed by atoms with Crippen molar-refractivity contribution in [3.8, 4) is 5.88 Å². The van der Waals surface area contributed by atoms with E-state index in [9.17, 15) is 0 Å². The van der Waals surface area contributed by atoms with Crippen LogP contribution in [0.15, 0.2) is 12.3 Å². The van der Waals surface area contributed by atoms with Gasteiger partial charge < -0.3 is 10.5 Å². The van der Waals surface area contributed by atoms with Gasteiger partial charge in [0.25, 0.3) is 0 Å². The molecule has 0 unspecified atom stereocenters. The van der Waals surface area contributed by atoms with Crippen LogP contribution in [0.25, 0.3) is 0 Å². The van der Waals surface area contributed by atoms with Crippen molar-refractivity contribution in [3.05, 3.63) is 21.4 Å². The average molecular weight is 264 g/mol. The Kier molecular flexibility index (Phi) is 3.07. The Morgan fingerprint density at radius 3 is 2.91 bits per heavy atom. The minimum atomic E-state index is 0.521. The quantitative estimate of drug-likeness (QED) is 0.815. The summed E-state index contributed by atoms with van der Waals surface area (Å²) >= 11 is 2.17. The summed E-state index contributed by atoms with van der Waals surface area (Å²) in [5, 5.41) is 0. The Morgan fingerprint density at radius 2 is 2.45 bits per heavy atom. The van der Waals surface area contributed by atoms with Crippen LogP contribution >= 0.6 is 22.6 Å². The Balaban J connectivity index is 2.99. The van der Waals surface area contributed by atoms with Gasteiger partial charge in [-0.05, 0) is 34.2 Å². The van der Waals surface area contributed by atoms with Gasteiger partial charge in [-0.2, -0.15) is 0 Å². The van der Waals surface area contributed by atoms with Crippen LogP contribution in [0.3, 0.4) is 0 Å². The van der Waals surface area contributed by atoms with Crippen LogP contribution < -0.4 is 10.5 Å². The highest BCUT2D eigenvalue weighted by molar-refractivity contribution is 14.1. The molecular weight excluding hydrogens is 255 g/mol. The highest BCUT2D eigenvalue weighted by Crippen LogP contribution is 2.17. The Labute approximate surface area is 79.1 Å². The Morgan fingerprint density at radius 1 is 1.73 bits per heavy atom. The van der Waals surface area contributed by atoms with Gasteiger partial charge in [0.1, 0.15) is 0 Å². The summed E-state index contributed by atoms with van der Waals surface area (Å²) in [5.41, 5.74) is 6.45. The third-order valence-electron chi connectivity index (χ3n) is 1.29. The van der Waals surface area contributed by atoms with E-state index in [0.29, 0.717) is 12.4 Å². The highest BCUT2D eigenvalue weighted by Gasteiger charge is 2.00. The zero-order valence-electron chi connectivity index (χ0n) is 6.17. The molecular formula is C7H9IN2O. The van der Waals surface area contributed by atoms with Gasteiger partial charge in [-0.15, -0.1) is 0 Å².